The zero-order chi connectivity index (χ0) is 18.1. The Morgan fingerprint density at radius 1 is 1.08 bits per heavy atom. The molecule has 0 aromatic heterocycles. The first-order valence-electron chi connectivity index (χ1n) is 8.89. The number of urea groups is 1. The van der Waals surface area contributed by atoms with Crippen LogP contribution < -0.4 is 16.0 Å². The highest BCUT2D eigenvalue weighted by atomic mass is 16.2. The monoisotopic (exact) mass is 334 g/mol. The quantitative estimate of drug-likeness (QED) is 0.681. The van der Waals surface area contributed by atoms with Crippen molar-refractivity contribution < 1.29 is 14.9 Å². The topological polar surface area (TPSA) is 74.8 Å². The molecule has 4 N–H and O–H groups in total. The van der Waals surface area contributed by atoms with Gasteiger partial charge >= 0.3 is 6.03 Å². The van der Waals surface area contributed by atoms with Crippen molar-refractivity contribution in [2.45, 2.75) is 59.5 Å². The average molecular weight is 334 g/mol. The molecule has 0 fully saturated rings. The number of carbonyl (C=O) groups excluding carboxylic acids is 2. The van der Waals surface area contributed by atoms with Gasteiger partial charge in [-0.1, -0.05) is 52.0 Å². The van der Waals surface area contributed by atoms with Crippen molar-refractivity contribution in [1.29, 1.82) is 0 Å². The Hall–Kier alpha value is -1.88. The van der Waals surface area contributed by atoms with Crippen molar-refractivity contribution in [3.8, 4) is 0 Å². The second-order valence-electron chi connectivity index (χ2n) is 6.64. The molecule has 5 nitrogen and oxygen atoms in total. The van der Waals surface area contributed by atoms with Gasteiger partial charge in [0.15, 0.2) is 6.54 Å². The fraction of sp³-hybridized carbons (Fsp3) is 0.579. The lowest BCUT2D eigenvalue weighted by molar-refractivity contribution is -0.692. The summed E-state index contributed by atoms with van der Waals surface area (Å²) in [5.74, 6) is 0.117. The molecule has 0 aliphatic carbocycles. The second-order valence-corrected chi connectivity index (χ2v) is 6.64. The van der Waals surface area contributed by atoms with Crippen LogP contribution in [0, 0.1) is 5.92 Å². The Balaban J connectivity index is 2.56. The number of nitrogens with two attached hydrogens (primary N) is 1. The first kappa shape index (κ1) is 20.2. The number of amides is 3. The number of rotatable bonds is 8. The first-order valence-corrected chi connectivity index (χ1v) is 8.89. The third kappa shape index (κ3) is 6.71. The molecule has 0 saturated heterocycles. The van der Waals surface area contributed by atoms with Gasteiger partial charge in [-0.15, -0.1) is 0 Å². The number of aryl methyl sites for hydroxylation is 1. The Morgan fingerprint density at radius 2 is 1.71 bits per heavy atom. The summed E-state index contributed by atoms with van der Waals surface area (Å²) in [5.41, 5.74) is 2.51. The van der Waals surface area contributed by atoms with Crippen LogP contribution in [0.5, 0.6) is 0 Å². The number of quaternary nitrogens is 1. The van der Waals surface area contributed by atoms with Gasteiger partial charge in [0.25, 0.3) is 5.91 Å². The minimum Gasteiger partial charge on any atom is -0.335 e. The van der Waals surface area contributed by atoms with Crippen LogP contribution in [0.15, 0.2) is 24.3 Å². The van der Waals surface area contributed by atoms with Crippen LogP contribution in [0.4, 0.5) is 4.79 Å². The van der Waals surface area contributed by atoms with E-state index in [4.69, 9.17) is 0 Å². The van der Waals surface area contributed by atoms with Crippen LogP contribution in [0.25, 0.3) is 0 Å². The largest absolute Gasteiger partial charge is 0.335 e. The summed E-state index contributed by atoms with van der Waals surface area (Å²) in [7, 11) is 0. The van der Waals surface area contributed by atoms with Crippen molar-refractivity contribution in [3.05, 3.63) is 35.4 Å². The molecule has 134 valence electrons. The first-order chi connectivity index (χ1) is 11.4. The van der Waals surface area contributed by atoms with Crippen molar-refractivity contribution >= 4 is 11.9 Å². The molecule has 3 amide bonds. The Labute approximate surface area is 145 Å². The number of hydrogen-bond donors (Lipinski definition) is 3. The number of benzene rings is 1. The van der Waals surface area contributed by atoms with E-state index < -0.39 is 6.03 Å². The number of hydrogen-bond acceptors (Lipinski definition) is 2. The lowest BCUT2D eigenvalue weighted by Gasteiger charge is -2.20. The van der Waals surface area contributed by atoms with Crippen molar-refractivity contribution in [2.75, 3.05) is 6.54 Å². The highest BCUT2D eigenvalue weighted by Gasteiger charge is 2.21. The summed E-state index contributed by atoms with van der Waals surface area (Å²) < 4.78 is 0. The van der Waals surface area contributed by atoms with Gasteiger partial charge in [0.1, 0.15) is 6.04 Å². The zero-order valence-corrected chi connectivity index (χ0v) is 15.6. The summed E-state index contributed by atoms with van der Waals surface area (Å²) in [6, 6.07) is 8.37. The fourth-order valence-electron chi connectivity index (χ4n) is 2.54. The van der Waals surface area contributed by atoms with E-state index in [-0.39, 0.29) is 24.5 Å². The smallest absolute Gasteiger partial charge is 0.321 e. The molecular weight excluding hydrogens is 302 g/mol. The van der Waals surface area contributed by atoms with E-state index in [0.29, 0.717) is 5.92 Å². The minimum atomic E-state index is -0.420. The molecule has 0 radical (unpaired) electrons. The van der Waals surface area contributed by atoms with E-state index in [0.717, 1.165) is 12.8 Å². The number of imide groups is 1. The minimum absolute atomic E-state index is 0.0577. The number of nitrogens with one attached hydrogen (secondary N) is 2. The lowest BCUT2D eigenvalue weighted by atomic mass is 9.95. The standard InChI is InChI=1S/C19H31N3O2/c1-6-14(5)21-19(24)22-17(23)12-20-18(13(3)4)16-10-8-15(7-2)9-11-16/h8-11,13-14,18,20H,6-7,12H2,1-5H3,(H2,21,22,23,24)/p+1/t14-,18+/m1/s1. The maximum Gasteiger partial charge on any atom is 0.321 e. The van der Waals surface area contributed by atoms with E-state index in [1.54, 1.807) is 0 Å². The van der Waals surface area contributed by atoms with Crippen molar-refractivity contribution in [3.63, 3.8) is 0 Å². The van der Waals surface area contributed by atoms with Crippen molar-refractivity contribution in [2.24, 2.45) is 5.92 Å². The van der Waals surface area contributed by atoms with Crippen LogP contribution in [0.3, 0.4) is 0 Å². The maximum absolute atomic E-state index is 12.0. The lowest BCUT2D eigenvalue weighted by Crippen LogP contribution is -2.88. The van der Waals surface area contributed by atoms with Crippen LogP contribution in [-0.2, 0) is 11.2 Å². The molecule has 0 heterocycles. The summed E-state index contributed by atoms with van der Waals surface area (Å²) in [6.07, 6.45) is 1.85. The van der Waals surface area contributed by atoms with E-state index in [9.17, 15) is 9.59 Å². The average Bonchev–Trinajstić information content (AvgIpc) is 2.54. The van der Waals surface area contributed by atoms with E-state index >= 15 is 0 Å². The molecule has 5 heteroatoms. The molecule has 0 aliphatic heterocycles. The molecular formula is C19H32N3O2+. The Bertz CT molecular complexity index is 526. The number of carbonyl (C=O) groups is 2. The van der Waals surface area contributed by atoms with E-state index in [1.165, 1.54) is 11.1 Å². The molecule has 1 aromatic carbocycles. The zero-order valence-electron chi connectivity index (χ0n) is 15.6. The molecule has 0 bridgehead atoms. The predicted octanol–water partition coefficient (Wildman–Crippen LogP) is 2.13. The summed E-state index contributed by atoms with van der Waals surface area (Å²) in [4.78, 5) is 23.7. The van der Waals surface area contributed by atoms with Gasteiger partial charge in [-0.3, -0.25) is 10.1 Å². The molecule has 1 rings (SSSR count). The van der Waals surface area contributed by atoms with Gasteiger partial charge in [-0.05, 0) is 25.3 Å². The maximum atomic E-state index is 12.0. The van der Waals surface area contributed by atoms with Gasteiger partial charge in [0.05, 0.1) is 0 Å². The predicted molar refractivity (Wildman–Crippen MR) is 96.6 cm³/mol. The van der Waals surface area contributed by atoms with Gasteiger partial charge in [-0.2, -0.15) is 0 Å². The van der Waals surface area contributed by atoms with Gasteiger partial charge in [0, 0.05) is 17.5 Å². The van der Waals surface area contributed by atoms with Crippen LogP contribution in [0.1, 0.15) is 58.2 Å². The SMILES string of the molecule is CCc1ccc([C@@H]([NH2+]CC(=O)NC(=O)N[C@H](C)CC)C(C)C)cc1. The summed E-state index contributed by atoms with van der Waals surface area (Å²) >= 11 is 0. The Morgan fingerprint density at radius 3 is 2.21 bits per heavy atom. The second kappa shape index (κ2) is 10.1. The highest BCUT2D eigenvalue weighted by molar-refractivity contribution is 5.94. The van der Waals surface area contributed by atoms with Gasteiger partial charge < -0.3 is 10.6 Å². The van der Waals surface area contributed by atoms with Crippen molar-refractivity contribution in [1.82, 2.24) is 10.6 Å². The van der Waals surface area contributed by atoms with Crippen LogP contribution in [-0.4, -0.2) is 24.5 Å². The van der Waals surface area contributed by atoms with E-state index in [1.807, 2.05) is 19.2 Å². The van der Waals surface area contributed by atoms with Gasteiger partial charge in [-0.25, -0.2) is 4.79 Å². The Kier molecular flexibility index (Phi) is 8.47. The molecule has 0 saturated carbocycles. The molecule has 24 heavy (non-hydrogen) atoms. The highest BCUT2D eigenvalue weighted by Crippen LogP contribution is 2.18. The summed E-state index contributed by atoms with van der Waals surface area (Å²) in [6.45, 7) is 10.5. The van der Waals surface area contributed by atoms with Crippen LogP contribution >= 0.6 is 0 Å². The third-order valence-corrected chi connectivity index (χ3v) is 4.29. The summed E-state index contributed by atoms with van der Waals surface area (Å²) in [5, 5.41) is 7.12. The van der Waals surface area contributed by atoms with Gasteiger partial charge in [0.2, 0.25) is 0 Å². The molecule has 0 aliphatic rings. The normalized spacial score (nSPS) is 13.4. The molecule has 2 atom stereocenters. The molecule has 1 aromatic rings. The third-order valence-electron chi connectivity index (χ3n) is 4.29. The molecule has 0 spiro atoms. The van der Waals surface area contributed by atoms with E-state index in [2.05, 4.69) is 55.7 Å². The van der Waals surface area contributed by atoms with Crippen LogP contribution in [0.2, 0.25) is 0 Å². The fourth-order valence-corrected chi connectivity index (χ4v) is 2.54. The molecule has 0 unspecified atom stereocenters.